The third-order valence-electron chi connectivity index (χ3n) is 8.27. The first-order chi connectivity index (χ1) is 21.3. The Kier molecular flexibility index (Phi) is 8.29. The van der Waals surface area contributed by atoms with Crippen molar-refractivity contribution in [3.8, 4) is 22.9 Å². The highest BCUT2D eigenvalue weighted by atomic mass is 35.5. The minimum absolute atomic E-state index is 0.176. The molecule has 6 rings (SSSR count). The van der Waals surface area contributed by atoms with E-state index >= 15 is 0 Å². The van der Waals surface area contributed by atoms with Gasteiger partial charge in [-0.25, -0.2) is 6.57 Å². The summed E-state index contributed by atoms with van der Waals surface area (Å²) in [5.41, 5.74) is 5.40. The molecule has 11 nitrogen and oxygen atoms in total. The second-order valence-corrected chi connectivity index (χ2v) is 11.8. The van der Waals surface area contributed by atoms with Gasteiger partial charge in [0, 0.05) is 42.7 Å². The zero-order valence-corrected chi connectivity index (χ0v) is 25.9. The number of carbonyl (C=O) groups is 1. The van der Waals surface area contributed by atoms with Crippen LogP contribution in [0.1, 0.15) is 17.5 Å². The molecular weight excluding hydrogens is 580 g/mol. The molecule has 0 bridgehead atoms. The predicted molar refractivity (Wildman–Crippen MR) is 172 cm³/mol. The van der Waals surface area contributed by atoms with Gasteiger partial charge in [-0.2, -0.15) is 15.1 Å². The molecule has 4 aromatic rings. The van der Waals surface area contributed by atoms with Gasteiger partial charge in [-0.1, -0.05) is 18.2 Å². The number of amides is 1. The Morgan fingerprint density at radius 3 is 2.95 bits per heavy atom. The molecule has 1 saturated heterocycles. The van der Waals surface area contributed by atoms with Crippen LogP contribution >= 0.6 is 11.6 Å². The van der Waals surface area contributed by atoms with Crippen LogP contribution in [0.25, 0.3) is 37.8 Å². The van der Waals surface area contributed by atoms with E-state index in [2.05, 4.69) is 32.6 Å². The lowest BCUT2D eigenvalue weighted by Crippen LogP contribution is -2.56. The van der Waals surface area contributed by atoms with Gasteiger partial charge in [0.05, 0.1) is 34.2 Å². The number of ether oxygens (including phenoxy) is 2. The van der Waals surface area contributed by atoms with Crippen LogP contribution in [0.15, 0.2) is 31.0 Å². The number of nitrogens with zero attached hydrogens (tertiary/aromatic N) is 7. The minimum Gasteiger partial charge on any atom is -0.492 e. The van der Waals surface area contributed by atoms with Gasteiger partial charge in [-0.05, 0) is 63.2 Å². The van der Waals surface area contributed by atoms with Crippen molar-refractivity contribution in [1.29, 1.82) is 0 Å². The summed E-state index contributed by atoms with van der Waals surface area (Å²) < 4.78 is 12.5. The van der Waals surface area contributed by atoms with E-state index in [-0.39, 0.29) is 24.5 Å². The molecule has 2 aromatic carbocycles. The van der Waals surface area contributed by atoms with E-state index in [4.69, 9.17) is 37.6 Å². The minimum atomic E-state index is -0.314. The van der Waals surface area contributed by atoms with Crippen molar-refractivity contribution < 1.29 is 14.3 Å². The van der Waals surface area contributed by atoms with Crippen molar-refractivity contribution in [1.82, 2.24) is 30.0 Å². The maximum absolute atomic E-state index is 12.6. The van der Waals surface area contributed by atoms with Crippen molar-refractivity contribution in [2.75, 3.05) is 64.9 Å². The predicted octanol–water partition coefficient (Wildman–Crippen LogP) is 4.52. The van der Waals surface area contributed by atoms with Crippen LogP contribution in [-0.2, 0) is 11.2 Å². The Morgan fingerprint density at radius 1 is 1.34 bits per heavy atom. The van der Waals surface area contributed by atoms with Crippen molar-refractivity contribution in [2.24, 2.45) is 0 Å². The number of anilines is 1. The lowest BCUT2D eigenvalue weighted by Gasteiger charge is -2.40. The second kappa shape index (κ2) is 12.3. The van der Waals surface area contributed by atoms with Crippen LogP contribution in [0.3, 0.4) is 0 Å². The number of benzene rings is 2. The van der Waals surface area contributed by atoms with Gasteiger partial charge < -0.3 is 29.0 Å². The third-order valence-corrected chi connectivity index (χ3v) is 8.76. The van der Waals surface area contributed by atoms with E-state index in [1.54, 1.807) is 11.1 Å². The van der Waals surface area contributed by atoms with Crippen LogP contribution in [0, 0.1) is 13.5 Å². The van der Waals surface area contributed by atoms with E-state index in [0.717, 1.165) is 57.1 Å². The fourth-order valence-corrected chi connectivity index (χ4v) is 6.37. The number of fused-ring (bicyclic) bond motifs is 4. The summed E-state index contributed by atoms with van der Waals surface area (Å²) in [5, 5.41) is 9.77. The summed E-state index contributed by atoms with van der Waals surface area (Å²) >= 11 is 7.02. The molecule has 0 saturated carbocycles. The lowest BCUT2D eigenvalue weighted by atomic mass is 9.90. The monoisotopic (exact) mass is 614 g/mol. The molecule has 0 radical (unpaired) electrons. The smallest absolute Gasteiger partial charge is 0.318 e. The van der Waals surface area contributed by atoms with Crippen LogP contribution in [0.5, 0.6) is 11.8 Å². The summed E-state index contributed by atoms with van der Waals surface area (Å²) in [7, 11) is 3.96. The maximum atomic E-state index is 12.6. The first-order valence-corrected chi connectivity index (χ1v) is 15.1. The third kappa shape index (κ3) is 5.40. The fraction of sp³-hybridized carbons (Fsp3) is 0.406. The number of H-pyrrole nitrogens is 1. The Labute approximate surface area is 261 Å². The summed E-state index contributed by atoms with van der Waals surface area (Å²) in [5.74, 6) is 1.23. The summed E-state index contributed by atoms with van der Waals surface area (Å²) in [6.07, 6.45) is 4.77. The molecule has 1 N–H and O–H groups in total. The van der Waals surface area contributed by atoms with E-state index in [0.29, 0.717) is 55.7 Å². The molecule has 44 heavy (non-hydrogen) atoms. The number of piperazine rings is 1. The standard InChI is InChI=1S/C32H35ClN8O3/c1-6-26(42)41-10-9-40(18-20(41)16-34-3)31-28-25(36-32(37-31)44-13-11-39(4)5)15-22(21-8-7-12-43-30(21)28)27-23-17-35-38-24(23)14-19(2)29(27)33/h6,14-15,17,20H,1,7-13,16,18H2,2,4-5H3,(H,35,38)/t20-/m0/s1. The average molecular weight is 615 g/mol. The molecule has 2 aromatic heterocycles. The van der Waals surface area contributed by atoms with E-state index < -0.39 is 0 Å². The van der Waals surface area contributed by atoms with Crippen LogP contribution < -0.4 is 14.4 Å². The van der Waals surface area contributed by atoms with Gasteiger partial charge in [-0.15, -0.1) is 0 Å². The highest BCUT2D eigenvalue weighted by Crippen LogP contribution is 2.47. The quantitative estimate of drug-likeness (QED) is 0.228. The molecule has 12 heteroatoms. The normalized spacial score (nSPS) is 16.6. The number of hydrogen-bond acceptors (Lipinski definition) is 8. The number of carbonyl (C=O) groups excluding carboxylic acids is 1. The van der Waals surface area contributed by atoms with Gasteiger partial charge in [0.2, 0.25) is 12.5 Å². The van der Waals surface area contributed by atoms with Crippen LogP contribution in [0.4, 0.5) is 5.82 Å². The molecule has 0 aliphatic carbocycles. The molecule has 4 heterocycles. The molecular formula is C32H35ClN8O3. The number of aromatic amines is 1. The first-order valence-electron chi connectivity index (χ1n) is 14.7. The first kappa shape index (κ1) is 29.7. The van der Waals surface area contributed by atoms with Crippen molar-refractivity contribution in [3.05, 3.63) is 58.6 Å². The topological polar surface area (TPSA) is 104 Å². The SMILES string of the molecule is [C-]#[N+]C[C@H]1CN(c2nc(OCCN(C)C)nc3cc(-c4c(Cl)c(C)cc5[nH]ncc45)c4c(c23)OCCC4)CCN1C(=O)C=C. The molecule has 2 aliphatic heterocycles. The molecule has 1 amide bonds. The Hall–Kier alpha value is -4.40. The number of aryl methyl sites for hydroxylation is 1. The fourth-order valence-electron chi connectivity index (χ4n) is 6.11. The van der Waals surface area contributed by atoms with Gasteiger partial charge in [0.25, 0.3) is 0 Å². The number of rotatable bonds is 8. The number of likely N-dealkylation sites (N-methyl/N-ethyl adjacent to an activating group) is 1. The Morgan fingerprint density at radius 2 is 2.18 bits per heavy atom. The van der Waals surface area contributed by atoms with Crippen LogP contribution in [-0.4, -0.2) is 102 Å². The highest BCUT2D eigenvalue weighted by Gasteiger charge is 2.35. The molecule has 1 atom stereocenters. The summed E-state index contributed by atoms with van der Waals surface area (Å²) in [4.78, 5) is 32.0. The highest BCUT2D eigenvalue weighted by molar-refractivity contribution is 6.36. The van der Waals surface area contributed by atoms with E-state index in [9.17, 15) is 4.79 Å². The summed E-state index contributed by atoms with van der Waals surface area (Å²) in [6.45, 7) is 16.4. The Balaban J connectivity index is 1.56. The molecule has 2 aliphatic rings. The van der Waals surface area contributed by atoms with Gasteiger partial charge >= 0.3 is 6.01 Å². The maximum Gasteiger partial charge on any atom is 0.318 e. The lowest BCUT2D eigenvalue weighted by molar-refractivity contribution is -0.128. The van der Waals surface area contributed by atoms with Crippen molar-refractivity contribution in [2.45, 2.75) is 25.8 Å². The van der Waals surface area contributed by atoms with Gasteiger partial charge in [-0.3, -0.25) is 9.89 Å². The van der Waals surface area contributed by atoms with E-state index in [1.807, 2.05) is 32.0 Å². The second-order valence-electron chi connectivity index (χ2n) is 11.4. The number of aromatic nitrogens is 4. The average Bonchev–Trinajstić information content (AvgIpc) is 3.48. The Bertz CT molecular complexity index is 1800. The summed E-state index contributed by atoms with van der Waals surface area (Å²) in [6, 6.07) is 4.01. The molecule has 0 spiro atoms. The van der Waals surface area contributed by atoms with E-state index in [1.165, 1.54) is 6.08 Å². The molecule has 228 valence electrons. The van der Waals surface area contributed by atoms with Crippen molar-refractivity contribution in [3.63, 3.8) is 0 Å². The van der Waals surface area contributed by atoms with Crippen molar-refractivity contribution >= 4 is 45.1 Å². The van der Waals surface area contributed by atoms with Crippen LogP contribution in [0.2, 0.25) is 5.02 Å². The number of halogens is 1. The largest absolute Gasteiger partial charge is 0.492 e. The molecule has 0 unspecified atom stereocenters. The van der Waals surface area contributed by atoms with Gasteiger partial charge in [0.1, 0.15) is 24.2 Å². The number of hydrogen-bond donors (Lipinski definition) is 1. The number of nitrogens with one attached hydrogen (secondary N) is 1. The zero-order chi connectivity index (χ0) is 31.0. The molecule has 1 fully saturated rings. The zero-order valence-electron chi connectivity index (χ0n) is 25.2. The van der Waals surface area contributed by atoms with Gasteiger partial charge in [0.15, 0.2) is 0 Å².